The van der Waals surface area contributed by atoms with E-state index in [4.69, 9.17) is 11.6 Å². The van der Waals surface area contributed by atoms with Crippen LogP contribution in [0.5, 0.6) is 0 Å². The fourth-order valence-electron chi connectivity index (χ4n) is 2.62. The zero-order valence-corrected chi connectivity index (χ0v) is 12.3. The Balaban J connectivity index is 2.19. The lowest BCUT2D eigenvalue weighted by molar-refractivity contribution is 0.447. The van der Waals surface area contributed by atoms with Gasteiger partial charge in [0.1, 0.15) is 0 Å². The summed E-state index contributed by atoms with van der Waals surface area (Å²) in [6, 6.07) is 6.79. The second-order valence-corrected chi connectivity index (χ2v) is 5.82. The molecule has 1 fully saturated rings. The van der Waals surface area contributed by atoms with Gasteiger partial charge in [0.2, 0.25) is 0 Å². The van der Waals surface area contributed by atoms with Crippen molar-refractivity contribution >= 4 is 17.3 Å². The van der Waals surface area contributed by atoms with Crippen LogP contribution >= 0.6 is 11.6 Å². The first-order valence-electron chi connectivity index (χ1n) is 6.83. The zero-order chi connectivity index (χ0) is 13.1. The van der Waals surface area contributed by atoms with Crippen molar-refractivity contribution in [3.05, 3.63) is 28.8 Å². The van der Waals surface area contributed by atoms with E-state index >= 15 is 0 Å². The number of rotatable bonds is 3. The lowest BCUT2D eigenvalue weighted by atomic mass is 9.99. The van der Waals surface area contributed by atoms with Crippen LogP contribution in [0.1, 0.15) is 38.3 Å². The van der Waals surface area contributed by atoms with Gasteiger partial charge in [-0.3, -0.25) is 0 Å². The fourth-order valence-corrected chi connectivity index (χ4v) is 2.93. The molecule has 18 heavy (non-hydrogen) atoms. The van der Waals surface area contributed by atoms with Crippen LogP contribution in [-0.4, -0.2) is 20.1 Å². The van der Waals surface area contributed by atoms with Crippen molar-refractivity contribution in [1.82, 2.24) is 5.32 Å². The molecule has 1 aromatic carbocycles. The number of nitrogens with zero attached hydrogens (tertiary/aromatic N) is 1. The summed E-state index contributed by atoms with van der Waals surface area (Å²) in [5.74, 6) is 0.769. The van der Waals surface area contributed by atoms with Crippen molar-refractivity contribution in [3.63, 3.8) is 0 Å². The average molecular weight is 267 g/mol. The predicted molar refractivity (Wildman–Crippen MR) is 79.5 cm³/mol. The first-order valence-corrected chi connectivity index (χ1v) is 7.21. The van der Waals surface area contributed by atoms with Gasteiger partial charge in [-0.1, -0.05) is 24.6 Å². The Labute approximate surface area is 115 Å². The third-order valence-corrected chi connectivity index (χ3v) is 4.21. The van der Waals surface area contributed by atoms with Crippen LogP contribution in [0.3, 0.4) is 0 Å². The summed E-state index contributed by atoms with van der Waals surface area (Å²) < 4.78 is 0. The SMILES string of the molecule is CNC(C)c1ccc(N2CCCC(C)C2)c(Cl)c1. The third kappa shape index (κ3) is 2.99. The molecule has 0 aliphatic carbocycles. The van der Waals surface area contributed by atoms with E-state index < -0.39 is 0 Å². The quantitative estimate of drug-likeness (QED) is 0.894. The normalized spacial score (nSPS) is 22.0. The summed E-state index contributed by atoms with van der Waals surface area (Å²) in [4.78, 5) is 2.42. The maximum atomic E-state index is 6.44. The molecule has 1 aliphatic rings. The molecule has 0 amide bonds. The van der Waals surface area contributed by atoms with Gasteiger partial charge in [-0.05, 0) is 50.4 Å². The zero-order valence-electron chi connectivity index (χ0n) is 11.5. The molecule has 0 bridgehead atoms. The summed E-state index contributed by atoms with van der Waals surface area (Å²) >= 11 is 6.44. The first-order chi connectivity index (χ1) is 8.61. The van der Waals surface area contributed by atoms with Crippen molar-refractivity contribution in [3.8, 4) is 0 Å². The molecule has 0 saturated carbocycles. The Hall–Kier alpha value is -0.730. The second kappa shape index (κ2) is 5.94. The Morgan fingerprint density at radius 2 is 2.22 bits per heavy atom. The van der Waals surface area contributed by atoms with E-state index in [1.165, 1.54) is 24.1 Å². The Morgan fingerprint density at radius 1 is 1.44 bits per heavy atom. The lowest BCUT2D eigenvalue weighted by Crippen LogP contribution is -2.34. The van der Waals surface area contributed by atoms with Crippen molar-refractivity contribution in [2.45, 2.75) is 32.7 Å². The maximum Gasteiger partial charge on any atom is 0.0642 e. The van der Waals surface area contributed by atoms with Crippen LogP contribution in [0.4, 0.5) is 5.69 Å². The molecule has 0 spiro atoms. The van der Waals surface area contributed by atoms with Crippen LogP contribution in [0.2, 0.25) is 5.02 Å². The van der Waals surface area contributed by atoms with Crippen molar-refractivity contribution < 1.29 is 0 Å². The summed E-state index contributed by atoms with van der Waals surface area (Å²) in [6.07, 6.45) is 2.61. The average Bonchev–Trinajstić information content (AvgIpc) is 2.37. The number of benzene rings is 1. The second-order valence-electron chi connectivity index (χ2n) is 5.41. The van der Waals surface area contributed by atoms with Gasteiger partial charge >= 0.3 is 0 Å². The highest BCUT2D eigenvalue weighted by Gasteiger charge is 2.19. The highest BCUT2D eigenvalue weighted by atomic mass is 35.5. The van der Waals surface area contributed by atoms with E-state index in [2.05, 4.69) is 42.3 Å². The first kappa shape index (κ1) is 13.7. The molecule has 1 N–H and O–H groups in total. The number of anilines is 1. The standard InChI is InChI=1S/C15H23ClN2/c1-11-5-4-8-18(10-11)15-7-6-13(9-14(15)16)12(2)17-3/h6-7,9,11-12,17H,4-5,8,10H2,1-3H3. The summed E-state index contributed by atoms with van der Waals surface area (Å²) in [5, 5.41) is 4.12. The minimum atomic E-state index is 0.344. The van der Waals surface area contributed by atoms with Gasteiger partial charge in [0.05, 0.1) is 10.7 Å². The maximum absolute atomic E-state index is 6.44. The summed E-state index contributed by atoms with van der Waals surface area (Å²) in [5.41, 5.74) is 2.44. The predicted octanol–water partition coefficient (Wildman–Crippen LogP) is 3.86. The molecule has 0 aromatic heterocycles. The van der Waals surface area contributed by atoms with Crippen molar-refractivity contribution in [2.24, 2.45) is 5.92 Å². The van der Waals surface area contributed by atoms with Gasteiger partial charge in [0.15, 0.2) is 0 Å². The van der Waals surface area contributed by atoms with Gasteiger partial charge < -0.3 is 10.2 Å². The van der Waals surface area contributed by atoms with Gasteiger partial charge in [0, 0.05) is 19.1 Å². The molecule has 3 heteroatoms. The molecule has 1 aromatic rings. The largest absolute Gasteiger partial charge is 0.370 e. The minimum absolute atomic E-state index is 0.344. The van der Waals surface area contributed by atoms with Gasteiger partial charge in [0.25, 0.3) is 0 Å². The van der Waals surface area contributed by atoms with E-state index in [1.54, 1.807) is 0 Å². The third-order valence-electron chi connectivity index (χ3n) is 3.90. The molecule has 2 atom stereocenters. The Morgan fingerprint density at radius 3 is 2.83 bits per heavy atom. The van der Waals surface area contributed by atoms with E-state index in [9.17, 15) is 0 Å². The number of halogens is 1. The van der Waals surface area contributed by atoms with Gasteiger partial charge in [-0.15, -0.1) is 0 Å². The summed E-state index contributed by atoms with van der Waals surface area (Å²) in [7, 11) is 1.97. The summed E-state index contributed by atoms with van der Waals surface area (Å²) in [6.45, 7) is 6.72. The van der Waals surface area contributed by atoms with Crippen LogP contribution in [0.15, 0.2) is 18.2 Å². The minimum Gasteiger partial charge on any atom is -0.370 e. The molecule has 2 nitrogen and oxygen atoms in total. The molecule has 1 heterocycles. The molecule has 2 unspecified atom stereocenters. The molecule has 0 radical (unpaired) electrons. The van der Waals surface area contributed by atoms with Crippen molar-refractivity contribution in [1.29, 1.82) is 0 Å². The van der Waals surface area contributed by atoms with E-state index in [1.807, 2.05) is 7.05 Å². The lowest BCUT2D eigenvalue weighted by Gasteiger charge is -2.33. The van der Waals surface area contributed by atoms with Gasteiger partial charge in [-0.2, -0.15) is 0 Å². The molecular weight excluding hydrogens is 244 g/mol. The van der Waals surface area contributed by atoms with Crippen LogP contribution < -0.4 is 10.2 Å². The molecule has 1 saturated heterocycles. The number of piperidine rings is 1. The Kier molecular flexibility index (Phi) is 4.52. The molecular formula is C15H23ClN2. The number of hydrogen-bond acceptors (Lipinski definition) is 2. The molecule has 100 valence electrons. The fraction of sp³-hybridized carbons (Fsp3) is 0.600. The van der Waals surface area contributed by atoms with E-state index in [0.717, 1.165) is 24.0 Å². The van der Waals surface area contributed by atoms with Crippen molar-refractivity contribution in [2.75, 3.05) is 25.0 Å². The Bertz CT molecular complexity index is 405. The number of nitrogens with one attached hydrogen (secondary N) is 1. The monoisotopic (exact) mass is 266 g/mol. The van der Waals surface area contributed by atoms with E-state index in [0.29, 0.717) is 6.04 Å². The van der Waals surface area contributed by atoms with Crippen LogP contribution in [-0.2, 0) is 0 Å². The highest BCUT2D eigenvalue weighted by molar-refractivity contribution is 6.33. The highest BCUT2D eigenvalue weighted by Crippen LogP contribution is 2.31. The van der Waals surface area contributed by atoms with E-state index in [-0.39, 0.29) is 0 Å². The topological polar surface area (TPSA) is 15.3 Å². The molecule has 2 rings (SSSR count). The smallest absolute Gasteiger partial charge is 0.0642 e. The van der Waals surface area contributed by atoms with Gasteiger partial charge in [-0.25, -0.2) is 0 Å². The van der Waals surface area contributed by atoms with Crippen LogP contribution in [0, 0.1) is 5.92 Å². The number of hydrogen-bond donors (Lipinski definition) is 1. The molecule has 1 aliphatic heterocycles. The van der Waals surface area contributed by atoms with Crippen LogP contribution in [0.25, 0.3) is 0 Å².